The van der Waals surface area contributed by atoms with Gasteiger partial charge in [-0.3, -0.25) is 0 Å². The fourth-order valence-corrected chi connectivity index (χ4v) is 0.661. The molecule has 3 heteroatoms. The Morgan fingerprint density at radius 2 is 1.92 bits per heavy atom. The first-order valence-electron chi connectivity index (χ1n) is 3.42. The molecule has 2 N–H and O–H groups in total. The Labute approximate surface area is 70.5 Å². The maximum Gasteiger partial charge on any atom is 0.358 e. The van der Waals surface area contributed by atoms with Gasteiger partial charge in [0.25, 0.3) is 0 Å². The Bertz CT molecular complexity index is 293. The first-order chi connectivity index (χ1) is 5.70. The quantitative estimate of drug-likeness (QED) is 0.403. The zero-order chi connectivity index (χ0) is 8.97. The summed E-state index contributed by atoms with van der Waals surface area (Å²) in [6, 6.07) is 8.69. The van der Waals surface area contributed by atoms with Crippen LogP contribution in [0, 0.1) is 0 Å². The number of hydrogen-bond acceptors (Lipinski definition) is 3. The van der Waals surface area contributed by atoms with E-state index in [1.165, 1.54) is 0 Å². The number of ether oxygens (including phenoxy) is 1. The van der Waals surface area contributed by atoms with Crippen LogP contribution in [-0.4, -0.2) is 5.97 Å². The molecular weight excluding hydrogens is 154 g/mol. The fourth-order valence-electron chi connectivity index (χ4n) is 0.661. The molecule has 0 saturated carbocycles. The lowest BCUT2D eigenvalue weighted by Crippen LogP contribution is -2.16. The van der Waals surface area contributed by atoms with Crippen LogP contribution in [0.4, 0.5) is 0 Å². The van der Waals surface area contributed by atoms with Crippen molar-refractivity contribution in [3.8, 4) is 5.75 Å². The van der Waals surface area contributed by atoms with Gasteiger partial charge < -0.3 is 10.5 Å². The number of esters is 1. The van der Waals surface area contributed by atoms with Crippen molar-refractivity contribution in [3.63, 3.8) is 0 Å². The van der Waals surface area contributed by atoms with E-state index in [1.54, 1.807) is 24.3 Å². The zero-order valence-corrected chi connectivity index (χ0v) is 6.49. The Morgan fingerprint density at radius 3 is 2.42 bits per heavy atom. The third-order valence-electron chi connectivity index (χ3n) is 1.22. The summed E-state index contributed by atoms with van der Waals surface area (Å²) in [7, 11) is 0. The molecule has 0 fully saturated rings. The van der Waals surface area contributed by atoms with Crippen LogP contribution in [0.15, 0.2) is 42.6 Å². The molecule has 0 bridgehead atoms. The summed E-state index contributed by atoms with van der Waals surface area (Å²) < 4.78 is 4.81. The third kappa shape index (κ3) is 2.12. The van der Waals surface area contributed by atoms with Crippen molar-refractivity contribution in [1.82, 2.24) is 0 Å². The fraction of sp³-hybridized carbons (Fsp3) is 0. The second-order valence-corrected chi connectivity index (χ2v) is 2.23. The number of hydrogen-bond donors (Lipinski definition) is 1. The molecule has 0 radical (unpaired) electrons. The van der Waals surface area contributed by atoms with Crippen molar-refractivity contribution < 1.29 is 9.53 Å². The van der Waals surface area contributed by atoms with E-state index < -0.39 is 5.97 Å². The lowest BCUT2D eigenvalue weighted by Gasteiger charge is -2.01. The number of para-hydroxylation sites is 1. The minimum Gasteiger partial charge on any atom is -0.422 e. The van der Waals surface area contributed by atoms with E-state index in [1.807, 2.05) is 6.07 Å². The van der Waals surface area contributed by atoms with Gasteiger partial charge in [-0.05, 0) is 12.1 Å². The average Bonchev–Trinajstić information content (AvgIpc) is 2.06. The van der Waals surface area contributed by atoms with Gasteiger partial charge in [0, 0.05) is 0 Å². The molecule has 0 aliphatic carbocycles. The highest BCUT2D eigenvalue weighted by Crippen LogP contribution is 2.08. The van der Waals surface area contributed by atoms with Crippen LogP contribution in [0.25, 0.3) is 0 Å². The molecule has 0 heterocycles. The second-order valence-electron chi connectivity index (χ2n) is 2.23. The van der Waals surface area contributed by atoms with Crippen LogP contribution in [-0.2, 0) is 4.79 Å². The van der Waals surface area contributed by atoms with Crippen LogP contribution in [0.1, 0.15) is 0 Å². The van der Waals surface area contributed by atoms with Crippen LogP contribution in [0.3, 0.4) is 0 Å². The van der Waals surface area contributed by atoms with E-state index in [0.29, 0.717) is 5.75 Å². The molecule has 62 valence electrons. The number of rotatable bonds is 2. The van der Waals surface area contributed by atoms with Gasteiger partial charge in [-0.2, -0.15) is 0 Å². The molecule has 0 unspecified atom stereocenters. The molecule has 3 nitrogen and oxygen atoms in total. The van der Waals surface area contributed by atoms with Gasteiger partial charge in [-0.15, -0.1) is 0 Å². The summed E-state index contributed by atoms with van der Waals surface area (Å²) in [5, 5.41) is 0. The maximum absolute atomic E-state index is 10.9. The van der Waals surface area contributed by atoms with Crippen molar-refractivity contribution in [1.29, 1.82) is 0 Å². The summed E-state index contributed by atoms with van der Waals surface area (Å²) in [6.45, 7) is 3.25. The summed E-state index contributed by atoms with van der Waals surface area (Å²) in [5.74, 6) is -0.143. The predicted octanol–water partition coefficient (Wildman–Crippen LogP) is 1.06. The number of carbonyl (C=O) groups excluding carboxylic acids is 1. The van der Waals surface area contributed by atoms with Crippen LogP contribution >= 0.6 is 0 Å². The highest BCUT2D eigenvalue weighted by Gasteiger charge is 2.04. The molecule has 12 heavy (non-hydrogen) atoms. The minimum atomic E-state index is -0.610. The van der Waals surface area contributed by atoms with Crippen molar-refractivity contribution in [2.24, 2.45) is 5.73 Å². The highest BCUT2D eigenvalue weighted by molar-refractivity contribution is 5.88. The van der Waals surface area contributed by atoms with Gasteiger partial charge in [0.15, 0.2) is 0 Å². The smallest absolute Gasteiger partial charge is 0.358 e. The van der Waals surface area contributed by atoms with Crippen molar-refractivity contribution >= 4 is 5.97 Å². The topological polar surface area (TPSA) is 52.3 Å². The lowest BCUT2D eigenvalue weighted by molar-refractivity contribution is -0.130. The molecule has 0 saturated heterocycles. The largest absolute Gasteiger partial charge is 0.422 e. The number of benzene rings is 1. The molecule has 0 aromatic heterocycles. The van der Waals surface area contributed by atoms with Gasteiger partial charge >= 0.3 is 5.97 Å². The van der Waals surface area contributed by atoms with E-state index in [2.05, 4.69) is 6.58 Å². The van der Waals surface area contributed by atoms with E-state index in [9.17, 15) is 4.79 Å². The van der Waals surface area contributed by atoms with Crippen molar-refractivity contribution in [3.05, 3.63) is 42.6 Å². The minimum absolute atomic E-state index is 0.0983. The molecule has 1 rings (SSSR count). The van der Waals surface area contributed by atoms with Crippen molar-refractivity contribution in [2.75, 3.05) is 0 Å². The van der Waals surface area contributed by atoms with E-state index in [-0.39, 0.29) is 5.70 Å². The van der Waals surface area contributed by atoms with Crippen LogP contribution in [0.2, 0.25) is 0 Å². The molecule has 0 spiro atoms. The summed E-state index contributed by atoms with van der Waals surface area (Å²) >= 11 is 0. The summed E-state index contributed by atoms with van der Waals surface area (Å²) in [5.41, 5.74) is 5.02. The SMILES string of the molecule is C=C(N)C(=O)Oc1ccccc1. The first kappa shape index (κ1) is 8.33. The van der Waals surface area contributed by atoms with E-state index in [4.69, 9.17) is 10.5 Å². The normalized spacial score (nSPS) is 9.00. The molecule has 0 atom stereocenters. The highest BCUT2D eigenvalue weighted by atomic mass is 16.5. The number of carbonyl (C=O) groups is 1. The number of nitrogens with two attached hydrogens (primary N) is 1. The van der Waals surface area contributed by atoms with Gasteiger partial charge in [-0.25, -0.2) is 4.79 Å². The maximum atomic E-state index is 10.9. The van der Waals surface area contributed by atoms with Gasteiger partial charge in [0.2, 0.25) is 0 Å². The Hall–Kier alpha value is -1.77. The molecular formula is C9H9NO2. The first-order valence-corrected chi connectivity index (χ1v) is 3.42. The van der Waals surface area contributed by atoms with E-state index in [0.717, 1.165) is 0 Å². The second kappa shape index (κ2) is 3.57. The van der Waals surface area contributed by atoms with Crippen molar-refractivity contribution in [2.45, 2.75) is 0 Å². The Morgan fingerprint density at radius 1 is 1.33 bits per heavy atom. The van der Waals surface area contributed by atoms with Crippen LogP contribution < -0.4 is 10.5 Å². The van der Waals surface area contributed by atoms with Crippen LogP contribution in [0.5, 0.6) is 5.75 Å². The van der Waals surface area contributed by atoms with Gasteiger partial charge in [0.05, 0.1) is 0 Å². The Kier molecular flexibility index (Phi) is 2.48. The molecule has 1 aromatic carbocycles. The van der Waals surface area contributed by atoms with Gasteiger partial charge in [0.1, 0.15) is 11.4 Å². The predicted molar refractivity (Wildman–Crippen MR) is 45.4 cm³/mol. The monoisotopic (exact) mass is 163 g/mol. The molecule has 0 aliphatic heterocycles. The van der Waals surface area contributed by atoms with E-state index >= 15 is 0 Å². The lowest BCUT2D eigenvalue weighted by atomic mass is 10.3. The van der Waals surface area contributed by atoms with Gasteiger partial charge in [-0.1, -0.05) is 24.8 Å². The summed E-state index contributed by atoms with van der Waals surface area (Å²) in [6.07, 6.45) is 0. The molecule has 1 aromatic rings. The zero-order valence-electron chi connectivity index (χ0n) is 6.49. The Balaban J connectivity index is 2.65. The third-order valence-corrected chi connectivity index (χ3v) is 1.22. The molecule has 0 aliphatic rings. The summed E-state index contributed by atoms with van der Waals surface area (Å²) in [4.78, 5) is 10.9. The molecule has 0 amide bonds. The standard InChI is InChI=1S/C9H9NO2/c1-7(10)9(11)12-8-5-3-2-4-6-8/h2-6H,1,10H2. The average molecular weight is 163 g/mol.